The number of benzene rings is 1. The second kappa shape index (κ2) is 5.05. The molecule has 20 heavy (non-hydrogen) atoms. The van der Waals surface area contributed by atoms with E-state index in [-0.39, 0.29) is 27.6 Å². The number of nitrogens with one attached hydrogen (secondary N) is 1. The average molecular weight is 318 g/mol. The summed E-state index contributed by atoms with van der Waals surface area (Å²) in [5.41, 5.74) is -1.76. The highest BCUT2D eigenvalue weighted by molar-refractivity contribution is 6.42. The van der Waals surface area contributed by atoms with Gasteiger partial charge in [0.1, 0.15) is 11.6 Å². The van der Waals surface area contributed by atoms with E-state index in [0.717, 1.165) is 0 Å². The average Bonchev–Trinajstić information content (AvgIpc) is 2.54. The lowest BCUT2D eigenvalue weighted by atomic mass is 9.88. The van der Waals surface area contributed by atoms with Crippen LogP contribution in [0.1, 0.15) is 28.4 Å². The van der Waals surface area contributed by atoms with Crippen LogP contribution in [0.5, 0.6) is 0 Å². The molecule has 0 aromatic heterocycles. The molecule has 0 saturated heterocycles. The first-order valence-corrected chi connectivity index (χ1v) is 6.24. The molecule has 2 rings (SSSR count). The number of hydrogen-bond acceptors (Lipinski definition) is 4. The minimum atomic E-state index is -1.94. The third-order valence-corrected chi connectivity index (χ3v) is 3.97. The molecule has 1 aromatic carbocycles. The molecule has 0 fully saturated rings. The maximum atomic E-state index is 12.4. The van der Waals surface area contributed by atoms with E-state index in [1.807, 2.05) is 0 Å². The Balaban J connectivity index is 2.61. The zero-order valence-corrected chi connectivity index (χ0v) is 11.4. The number of ketones is 1. The molecule has 1 aromatic rings. The lowest BCUT2D eigenvalue weighted by molar-refractivity contribution is -0.139. The first-order chi connectivity index (χ1) is 9.33. The van der Waals surface area contributed by atoms with E-state index < -0.39 is 29.8 Å². The highest BCUT2D eigenvalue weighted by Gasteiger charge is 2.54. The van der Waals surface area contributed by atoms with E-state index in [4.69, 9.17) is 28.3 Å². The van der Waals surface area contributed by atoms with E-state index in [9.17, 15) is 19.5 Å². The zero-order chi connectivity index (χ0) is 15.1. The molecule has 3 N–H and O–H groups in total. The summed E-state index contributed by atoms with van der Waals surface area (Å²) in [6.07, 6.45) is -2.09. The fraction of sp³-hybridized carbons (Fsp3) is 0.250. The molecule has 0 aliphatic heterocycles. The molecule has 1 aliphatic rings. The van der Waals surface area contributed by atoms with Crippen molar-refractivity contribution in [3.63, 3.8) is 0 Å². The summed E-state index contributed by atoms with van der Waals surface area (Å²) in [6, 6.07) is 2.54. The number of carbonyl (C=O) groups is 3. The highest BCUT2D eigenvalue weighted by Crippen LogP contribution is 2.43. The Bertz CT molecular complexity index is 618. The van der Waals surface area contributed by atoms with Crippen molar-refractivity contribution in [2.45, 2.75) is 18.1 Å². The topological polar surface area (TPSA) is 104 Å². The zero-order valence-electron chi connectivity index (χ0n) is 9.89. The Kier molecular flexibility index (Phi) is 3.73. The van der Waals surface area contributed by atoms with Crippen molar-refractivity contribution in [1.29, 1.82) is 0 Å². The number of rotatable bonds is 4. The maximum absolute atomic E-state index is 12.4. The molecule has 0 bridgehead atoms. The smallest absolute Gasteiger partial charge is 0.306 e. The van der Waals surface area contributed by atoms with Gasteiger partial charge in [0, 0.05) is 5.56 Å². The first kappa shape index (κ1) is 14.8. The summed E-state index contributed by atoms with van der Waals surface area (Å²) in [7, 11) is 0. The van der Waals surface area contributed by atoms with Gasteiger partial charge >= 0.3 is 5.97 Å². The fourth-order valence-electron chi connectivity index (χ4n) is 2.33. The highest BCUT2D eigenvalue weighted by atomic mass is 35.5. The number of hydrogen-bond donors (Lipinski definition) is 3. The lowest BCUT2D eigenvalue weighted by Gasteiger charge is -2.28. The van der Waals surface area contributed by atoms with E-state index in [1.165, 1.54) is 12.1 Å². The predicted octanol–water partition coefficient (Wildman–Crippen LogP) is 1.18. The van der Waals surface area contributed by atoms with Gasteiger partial charge in [0.2, 0.25) is 6.41 Å². The number of fused-ring (bicyclic) bond motifs is 1. The predicted molar refractivity (Wildman–Crippen MR) is 69.9 cm³/mol. The number of Topliss-reactive ketones (excluding diaryl/α,β-unsaturated/α-hetero) is 1. The summed E-state index contributed by atoms with van der Waals surface area (Å²) in [6.45, 7) is 0. The number of amides is 1. The van der Waals surface area contributed by atoms with E-state index >= 15 is 0 Å². The number of aliphatic hydroxyl groups excluding tert-OH is 1. The van der Waals surface area contributed by atoms with Crippen molar-refractivity contribution < 1.29 is 24.6 Å². The molecule has 0 saturated carbocycles. The van der Waals surface area contributed by atoms with Gasteiger partial charge in [0.15, 0.2) is 5.78 Å². The van der Waals surface area contributed by atoms with Gasteiger partial charge in [0.05, 0.1) is 16.5 Å². The van der Waals surface area contributed by atoms with Gasteiger partial charge < -0.3 is 15.5 Å². The molecular formula is C12H9Cl2NO5. The van der Waals surface area contributed by atoms with Crippen molar-refractivity contribution in [2.24, 2.45) is 0 Å². The molecule has 6 nitrogen and oxygen atoms in total. The second-order valence-electron chi connectivity index (χ2n) is 4.39. The third kappa shape index (κ3) is 2.06. The van der Waals surface area contributed by atoms with Crippen molar-refractivity contribution >= 4 is 41.4 Å². The van der Waals surface area contributed by atoms with Gasteiger partial charge in [-0.1, -0.05) is 23.2 Å². The van der Waals surface area contributed by atoms with Gasteiger partial charge in [-0.15, -0.1) is 0 Å². The largest absolute Gasteiger partial charge is 0.481 e. The van der Waals surface area contributed by atoms with Crippen molar-refractivity contribution in [2.75, 3.05) is 0 Å². The SMILES string of the molecule is O=CNC1(CC(=O)O)C(=O)c2cc(Cl)c(Cl)cc2C1O. The summed E-state index contributed by atoms with van der Waals surface area (Å²) in [4.78, 5) is 34.0. The molecule has 0 heterocycles. The van der Waals surface area contributed by atoms with Crippen molar-refractivity contribution in [1.82, 2.24) is 5.32 Å². The van der Waals surface area contributed by atoms with E-state index in [0.29, 0.717) is 0 Å². The van der Waals surface area contributed by atoms with Gasteiger partial charge in [-0.05, 0) is 17.7 Å². The monoisotopic (exact) mass is 317 g/mol. The van der Waals surface area contributed by atoms with Crippen molar-refractivity contribution in [3.05, 3.63) is 33.3 Å². The maximum Gasteiger partial charge on any atom is 0.306 e. The van der Waals surface area contributed by atoms with Gasteiger partial charge in [0.25, 0.3) is 0 Å². The number of aliphatic carboxylic acids is 1. The van der Waals surface area contributed by atoms with Crippen LogP contribution in [0.4, 0.5) is 0 Å². The van der Waals surface area contributed by atoms with Gasteiger partial charge in [-0.2, -0.15) is 0 Å². The molecule has 1 amide bonds. The van der Waals surface area contributed by atoms with Gasteiger partial charge in [-0.25, -0.2) is 0 Å². The van der Waals surface area contributed by atoms with Crippen LogP contribution in [0.2, 0.25) is 10.0 Å². The number of carboxylic acids is 1. The fourth-order valence-corrected chi connectivity index (χ4v) is 2.67. The van der Waals surface area contributed by atoms with Crippen molar-refractivity contribution in [3.8, 4) is 0 Å². The number of carboxylic acid groups (broad SMARTS) is 1. The van der Waals surface area contributed by atoms with Crippen LogP contribution in [-0.2, 0) is 9.59 Å². The molecule has 106 valence electrons. The standard InChI is InChI=1S/C12H9Cl2NO5/c13-7-1-5-6(2-8(7)14)11(20)12(10(5)19,15-4-16)3-9(17)18/h1-2,4,10,19H,3H2,(H,15,16)(H,17,18). The van der Waals surface area contributed by atoms with Crippen LogP contribution in [0.25, 0.3) is 0 Å². The van der Waals surface area contributed by atoms with E-state index in [1.54, 1.807) is 0 Å². The third-order valence-electron chi connectivity index (χ3n) is 3.25. The Morgan fingerprint density at radius 3 is 2.55 bits per heavy atom. The van der Waals surface area contributed by atoms with Crippen LogP contribution in [0, 0.1) is 0 Å². The minimum Gasteiger partial charge on any atom is -0.481 e. The van der Waals surface area contributed by atoms with Crippen LogP contribution < -0.4 is 5.32 Å². The minimum absolute atomic E-state index is 0.0440. The summed E-state index contributed by atoms with van der Waals surface area (Å²) in [5.74, 6) is -2.05. The van der Waals surface area contributed by atoms with Gasteiger partial charge in [-0.3, -0.25) is 14.4 Å². The molecule has 2 atom stereocenters. The lowest BCUT2D eigenvalue weighted by Crippen LogP contribution is -2.53. The quantitative estimate of drug-likeness (QED) is 0.723. The van der Waals surface area contributed by atoms with Crippen LogP contribution in [0.3, 0.4) is 0 Å². The van der Waals surface area contributed by atoms with Crippen LogP contribution in [0.15, 0.2) is 12.1 Å². The molecule has 8 heteroatoms. The van der Waals surface area contributed by atoms with E-state index in [2.05, 4.69) is 5.32 Å². The number of carbonyl (C=O) groups excluding carboxylic acids is 2. The number of aliphatic hydroxyl groups is 1. The van der Waals surface area contributed by atoms with Crippen LogP contribution >= 0.6 is 23.2 Å². The Morgan fingerprint density at radius 1 is 1.40 bits per heavy atom. The molecule has 0 radical (unpaired) electrons. The molecule has 0 spiro atoms. The normalized spacial score (nSPS) is 24.4. The molecule has 1 aliphatic carbocycles. The molecule has 2 unspecified atom stereocenters. The Morgan fingerprint density at radius 2 is 2.00 bits per heavy atom. The summed E-state index contributed by atoms with van der Waals surface area (Å²) >= 11 is 11.6. The van der Waals surface area contributed by atoms with Crippen LogP contribution in [-0.4, -0.2) is 33.9 Å². The molecular weight excluding hydrogens is 309 g/mol. The Hall–Kier alpha value is -1.63. The second-order valence-corrected chi connectivity index (χ2v) is 5.20. The first-order valence-electron chi connectivity index (χ1n) is 5.48. The summed E-state index contributed by atoms with van der Waals surface area (Å²) in [5, 5.41) is 21.5. The Labute approximate surface area is 123 Å². The summed E-state index contributed by atoms with van der Waals surface area (Å²) < 4.78 is 0. The number of halogens is 2.